The van der Waals surface area contributed by atoms with Gasteiger partial charge in [0, 0.05) is 12.8 Å². The summed E-state index contributed by atoms with van der Waals surface area (Å²) < 4.78 is 10.7. The molecule has 0 fully saturated rings. The number of para-hydroxylation sites is 1. The van der Waals surface area contributed by atoms with Gasteiger partial charge in [-0.05, 0) is 36.8 Å². The van der Waals surface area contributed by atoms with Crippen molar-refractivity contribution >= 4 is 23.2 Å². The molecule has 0 aliphatic heterocycles. The summed E-state index contributed by atoms with van der Waals surface area (Å²) >= 11 is 6.02. The molecule has 0 aromatic heterocycles. The number of anilines is 1. The molecule has 22 heavy (non-hydrogen) atoms. The molecular formula is C17H18ClNO3. The Morgan fingerprint density at radius 2 is 2.00 bits per heavy atom. The van der Waals surface area contributed by atoms with Crippen molar-refractivity contribution in [2.45, 2.75) is 19.6 Å². The topological polar surface area (TPSA) is 47.6 Å². The number of hydrogen-bond acceptors (Lipinski definition) is 3. The largest absolute Gasteiger partial charge is 0.479 e. The maximum atomic E-state index is 12.2. The molecule has 5 heteroatoms. The lowest BCUT2D eigenvalue weighted by Crippen LogP contribution is -2.30. The van der Waals surface area contributed by atoms with Crippen LogP contribution in [0.15, 0.2) is 48.5 Å². The average molecular weight is 320 g/mol. The SMILES string of the molecule is COCc1cccc(NC(=O)C(C)Oc2ccccc2Cl)c1. The van der Waals surface area contributed by atoms with Crippen molar-refractivity contribution in [3.05, 3.63) is 59.1 Å². The summed E-state index contributed by atoms with van der Waals surface area (Å²) in [6.07, 6.45) is -0.661. The number of nitrogens with one attached hydrogen (secondary N) is 1. The minimum absolute atomic E-state index is 0.241. The molecule has 2 aromatic carbocycles. The molecule has 1 N–H and O–H groups in total. The first-order valence-corrected chi connectivity index (χ1v) is 7.28. The van der Waals surface area contributed by atoms with Crippen LogP contribution < -0.4 is 10.1 Å². The maximum Gasteiger partial charge on any atom is 0.265 e. The van der Waals surface area contributed by atoms with Crippen molar-refractivity contribution in [1.82, 2.24) is 0 Å². The predicted molar refractivity (Wildman–Crippen MR) is 87.3 cm³/mol. The number of carbonyl (C=O) groups excluding carboxylic acids is 1. The molecule has 1 amide bonds. The van der Waals surface area contributed by atoms with Crippen LogP contribution >= 0.6 is 11.6 Å². The van der Waals surface area contributed by atoms with Crippen LogP contribution in [-0.2, 0) is 16.1 Å². The van der Waals surface area contributed by atoms with Gasteiger partial charge in [-0.2, -0.15) is 0 Å². The summed E-state index contributed by atoms with van der Waals surface area (Å²) in [6.45, 7) is 2.17. The van der Waals surface area contributed by atoms with E-state index < -0.39 is 6.10 Å². The van der Waals surface area contributed by atoms with Gasteiger partial charge < -0.3 is 14.8 Å². The minimum Gasteiger partial charge on any atom is -0.479 e. The van der Waals surface area contributed by atoms with E-state index in [0.717, 1.165) is 5.56 Å². The number of ether oxygens (including phenoxy) is 2. The fourth-order valence-corrected chi connectivity index (χ4v) is 2.11. The zero-order valence-electron chi connectivity index (χ0n) is 12.5. The highest BCUT2D eigenvalue weighted by atomic mass is 35.5. The highest BCUT2D eigenvalue weighted by Crippen LogP contribution is 2.24. The molecule has 2 rings (SSSR count). The number of halogens is 1. The molecule has 0 spiro atoms. The Hall–Kier alpha value is -2.04. The average Bonchev–Trinajstić information content (AvgIpc) is 2.50. The van der Waals surface area contributed by atoms with Gasteiger partial charge in [0.25, 0.3) is 5.91 Å². The van der Waals surface area contributed by atoms with E-state index >= 15 is 0 Å². The summed E-state index contributed by atoms with van der Waals surface area (Å²) in [5.74, 6) is 0.245. The van der Waals surface area contributed by atoms with Gasteiger partial charge in [0.2, 0.25) is 0 Å². The zero-order valence-corrected chi connectivity index (χ0v) is 13.3. The lowest BCUT2D eigenvalue weighted by Gasteiger charge is -2.16. The molecule has 0 saturated heterocycles. The number of amides is 1. The highest BCUT2D eigenvalue weighted by molar-refractivity contribution is 6.32. The van der Waals surface area contributed by atoms with E-state index in [2.05, 4.69) is 5.32 Å². The first-order valence-electron chi connectivity index (χ1n) is 6.90. The lowest BCUT2D eigenvalue weighted by atomic mass is 10.2. The number of carbonyl (C=O) groups is 1. The predicted octanol–water partition coefficient (Wildman–Crippen LogP) is 3.89. The van der Waals surface area contributed by atoms with Gasteiger partial charge in [0.15, 0.2) is 6.10 Å². The third-order valence-corrected chi connectivity index (χ3v) is 3.33. The van der Waals surface area contributed by atoms with Crippen molar-refractivity contribution in [2.24, 2.45) is 0 Å². The highest BCUT2D eigenvalue weighted by Gasteiger charge is 2.16. The van der Waals surface area contributed by atoms with Crippen molar-refractivity contribution in [2.75, 3.05) is 12.4 Å². The zero-order chi connectivity index (χ0) is 15.9. The standard InChI is InChI=1S/C17H18ClNO3/c1-12(22-16-9-4-3-8-15(16)18)17(20)19-14-7-5-6-13(10-14)11-21-2/h3-10,12H,11H2,1-2H3,(H,19,20). The third kappa shape index (κ3) is 4.48. The van der Waals surface area contributed by atoms with Gasteiger partial charge >= 0.3 is 0 Å². The summed E-state index contributed by atoms with van der Waals surface area (Å²) in [4.78, 5) is 12.2. The Morgan fingerprint density at radius 3 is 2.73 bits per heavy atom. The van der Waals surface area contributed by atoms with E-state index in [-0.39, 0.29) is 5.91 Å². The van der Waals surface area contributed by atoms with E-state index in [1.165, 1.54) is 0 Å². The summed E-state index contributed by atoms with van der Waals surface area (Å²) in [5, 5.41) is 3.29. The van der Waals surface area contributed by atoms with Crippen LogP contribution in [0.5, 0.6) is 5.75 Å². The Morgan fingerprint density at radius 1 is 1.23 bits per heavy atom. The summed E-state index contributed by atoms with van der Waals surface area (Å²) in [6, 6.07) is 14.5. The van der Waals surface area contributed by atoms with Crippen LogP contribution in [0.4, 0.5) is 5.69 Å². The summed E-state index contributed by atoms with van der Waals surface area (Å²) in [5.41, 5.74) is 1.69. The second-order valence-corrected chi connectivity index (χ2v) is 5.22. The molecule has 1 unspecified atom stereocenters. The van der Waals surface area contributed by atoms with Crippen molar-refractivity contribution in [3.8, 4) is 5.75 Å². The van der Waals surface area contributed by atoms with Crippen LogP contribution in [0.25, 0.3) is 0 Å². The van der Waals surface area contributed by atoms with Gasteiger partial charge in [0.05, 0.1) is 11.6 Å². The molecule has 0 radical (unpaired) electrons. The molecular weight excluding hydrogens is 302 g/mol. The smallest absolute Gasteiger partial charge is 0.265 e. The van der Waals surface area contributed by atoms with Crippen LogP contribution in [-0.4, -0.2) is 19.1 Å². The number of hydrogen-bond donors (Lipinski definition) is 1. The van der Waals surface area contributed by atoms with Gasteiger partial charge in [-0.15, -0.1) is 0 Å². The monoisotopic (exact) mass is 319 g/mol. The van der Waals surface area contributed by atoms with E-state index in [0.29, 0.717) is 23.1 Å². The number of rotatable bonds is 6. The minimum atomic E-state index is -0.661. The Kier molecular flexibility index (Phi) is 5.81. The number of benzene rings is 2. The lowest BCUT2D eigenvalue weighted by molar-refractivity contribution is -0.122. The normalized spacial score (nSPS) is 11.8. The van der Waals surface area contributed by atoms with E-state index in [4.69, 9.17) is 21.1 Å². The Labute approximate surface area is 135 Å². The fraction of sp³-hybridized carbons (Fsp3) is 0.235. The van der Waals surface area contributed by atoms with E-state index in [1.54, 1.807) is 38.3 Å². The second-order valence-electron chi connectivity index (χ2n) is 4.81. The second kappa shape index (κ2) is 7.82. The molecule has 0 bridgehead atoms. The molecule has 4 nitrogen and oxygen atoms in total. The van der Waals surface area contributed by atoms with E-state index in [1.807, 2.05) is 24.3 Å². The third-order valence-electron chi connectivity index (χ3n) is 3.02. The van der Waals surface area contributed by atoms with Crippen molar-refractivity contribution in [1.29, 1.82) is 0 Å². The van der Waals surface area contributed by atoms with Crippen LogP contribution in [0.2, 0.25) is 5.02 Å². The van der Waals surface area contributed by atoms with Crippen molar-refractivity contribution < 1.29 is 14.3 Å². The van der Waals surface area contributed by atoms with Crippen LogP contribution in [0.1, 0.15) is 12.5 Å². The number of methoxy groups -OCH3 is 1. The van der Waals surface area contributed by atoms with Gasteiger partial charge in [-0.1, -0.05) is 35.9 Å². The first kappa shape index (κ1) is 16.3. The van der Waals surface area contributed by atoms with Gasteiger partial charge in [-0.25, -0.2) is 0 Å². The van der Waals surface area contributed by atoms with Crippen LogP contribution in [0, 0.1) is 0 Å². The Bertz CT molecular complexity index is 645. The van der Waals surface area contributed by atoms with Crippen molar-refractivity contribution in [3.63, 3.8) is 0 Å². The maximum absolute atomic E-state index is 12.2. The summed E-state index contributed by atoms with van der Waals surface area (Å²) in [7, 11) is 1.63. The molecule has 0 saturated carbocycles. The van der Waals surface area contributed by atoms with Gasteiger partial charge in [-0.3, -0.25) is 4.79 Å². The Balaban J connectivity index is 1.99. The quantitative estimate of drug-likeness (QED) is 0.878. The first-order chi connectivity index (χ1) is 10.6. The molecule has 0 aliphatic rings. The van der Waals surface area contributed by atoms with Gasteiger partial charge in [0.1, 0.15) is 5.75 Å². The molecule has 116 valence electrons. The fourth-order valence-electron chi connectivity index (χ4n) is 1.93. The molecule has 0 aliphatic carbocycles. The molecule has 1 atom stereocenters. The molecule has 0 heterocycles. The van der Waals surface area contributed by atoms with Crippen LogP contribution in [0.3, 0.4) is 0 Å². The molecule has 2 aromatic rings. The van der Waals surface area contributed by atoms with E-state index in [9.17, 15) is 4.79 Å².